The summed E-state index contributed by atoms with van der Waals surface area (Å²) in [5.74, 6) is 0.434. The first kappa shape index (κ1) is 11.5. The lowest BCUT2D eigenvalue weighted by Crippen LogP contribution is -2.10. The molecule has 0 atom stereocenters. The Balaban J connectivity index is 2.38. The fourth-order valence-corrected chi connectivity index (χ4v) is 2.12. The lowest BCUT2D eigenvalue weighted by molar-refractivity contribution is 0.621. The molecule has 0 aliphatic heterocycles. The van der Waals surface area contributed by atoms with E-state index < -0.39 is 0 Å². The molecule has 94 valence electrons. The Morgan fingerprint density at radius 3 is 2.53 bits per heavy atom. The summed E-state index contributed by atoms with van der Waals surface area (Å²) in [5, 5.41) is 0.516. The molecule has 0 aliphatic rings. The van der Waals surface area contributed by atoms with E-state index in [0.717, 1.165) is 11.1 Å². The van der Waals surface area contributed by atoms with E-state index in [9.17, 15) is 4.79 Å². The molecule has 0 aliphatic carbocycles. The summed E-state index contributed by atoms with van der Waals surface area (Å²) < 4.78 is 5.82. The maximum Gasteiger partial charge on any atom is 0.216 e. The summed E-state index contributed by atoms with van der Waals surface area (Å²) in [4.78, 5) is 12.2. The van der Waals surface area contributed by atoms with E-state index in [4.69, 9.17) is 10.2 Å². The molecule has 2 aromatic carbocycles. The van der Waals surface area contributed by atoms with Crippen molar-refractivity contribution in [2.24, 2.45) is 0 Å². The topological polar surface area (TPSA) is 56.2 Å². The predicted octanol–water partition coefficient (Wildman–Crippen LogP) is 3.35. The summed E-state index contributed by atoms with van der Waals surface area (Å²) in [5.41, 5.74) is 8.30. The van der Waals surface area contributed by atoms with Crippen LogP contribution in [0.25, 0.3) is 22.3 Å². The molecule has 0 spiro atoms. The second-order valence-corrected chi connectivity index (χ2v) is 4.54. The molecule has 0 bridgehead atoms. The first-order chi connectivity index (χ1) is 9.16. The average molecular weight is 251 g/mol. The molecule has 19 heavy (non-hydrogen) atoms. The van der Waals surface area contributed by atoms with Crippen LogP contribution in [-0.2, 0) is 0 Å². The molecule has 0 saturated carbocycles. The van der Waals surface area contributed by atoms with Gasteiger partial charge in [-0.15, -0.1) is 0 Å². The van der Waals surface area contributed by atoms with Gasteiger partial charge in [-0.3, -0.25) is 4.79 Å². The number of hydrogen-bond donors (Lipinski definition) is 1. The van der Waals surface area contributed by atoms with Gasteiger partial charge in [0.05, 0.1) is 5.39 Å². The van der Waals surface area contributed by atoms with E-state index in [0.29, 0.717) is 16.7 Å². The number of nitrogens with two attached hydrogens (primary N) is 1. The predicted molar refractivity (Wildman–Crippen MR) is 77.1 cm³/mol. The Bertz CT molecular complexity index is 804. The van der Waals surface area contributed by atoms with Crippen LogP contribution in [-0.4, -0.2) is 0 Å². The Hall–Kier alpha value is -2.55. The number of anilines is 1. The highest BCUT2D eigenvalue weighted by atomic mass is 16.3. The van der Waals surface area contributed by atoms with Crippen LogP contribution in [0.15, 0.2) is 57.7 Å². The normalized spacial score (nSPS) is 10.8. The maximum atomic E-state index is 12.2. The van der Waals surface area contributed by atoms with E-state index in [1.165, 1.54) is 0 Å². The van der Waals surface area contributed by atoms with Gasteiger partial charge in [0.15, 0.2) is 5.76 Å². The van der Waals surface area contributed by atoms with Gasteiger partial charge in [-0.2, -0.15) is 0 Å². The number of fused-ring (bicyclic) bond motifs is 1. The highest BCUT2D eigenvalue weighted by Crippen LogP contribution is 2.27. The zero-order valence-corrected chi connectivity index (χ0v) is 10.5. The molecule has 0 unspecified atom stereocenters. The quantitative estimate of drug-likeness (QED) is 0.721. The van der Waals surface area contributed by atoms with Crippen molar-refractivity contribution in [1.29, 1.82) is 0 Å². The van der Waals surface area contributed by atoms with E-state index >= 15 is 0 Å². The van der Waals surface area contributed by atoms with Crippen LogP contribution in [0.3, 0.4) is 0 Å². The maximum absolute atomic E-state index is 12.2. The molecule has 2 N–H and O–H groups in total. The lowest BCUT2D eigenvalue weighted by atomic mass is 10.1. The second kappa shape index (κ2) is 4.28. The fourth-order valence-electron chi connectivity index (χ4n) is 2.12. The molecule has 1 heterocycles. The SMILES string of the molecule is Cc1ccc2c(=O)c(N)c(-c3ccccc3)oc2c1. The third kappa shape index (κ3) is 1.89. The van der Waals surface area contributed by atoms with Crippen LogP contribution in [0.4, 0.5) is 5.69 Å². The van der Waals surface area contributed by atoms with Crippen LogP contribution in [0, 0.1) is 6.92 Å². The van der Waals surface area contributed by atoms with Gasteiger partial charge < -0.3 is 10.2 Å². The number of hydrogen-bond acceptors (Lipinski definition) is 3. The third-order valence-electron chi connectivity index (χ3n) is 3.12. The van der Waals surface area contributed by atoms with Crippen molar-refractivity contribution < 1.29 is 4.42 Å². The summed E-state index contributed by atoms with van der Waals surface area (Å²) in [6.45, 7) is 1.96. The van der Waals surface area contributed by atoms with Crippen molar-refractivity contribution >= 4 is 16.7 Å². The minimum absolute atomic E-state index is 0.155. The molecular formula is C16H13NO2. The summed E-state index contributed by atoms with van der Waals surface area (Å²) in [6.07, 6.45) is 0. The van der Waals surface area contributed by atoms with Crippen LogP contribution < -0.4 is 11.2 Å². The molecule has 3 heteroatoms. The summed E-state index contributed by atoms with van der Waals surface area (Å²) in [7, 11) is 0. The molecule has 1 aromatic heterocycles. The minimum Gasteiger partial charge on any atom is -0.454 e. The first-order valence-corrected chi connectivity index (χ1v) is 6.05. The first-order valence-electron chi connectivity index (χ1n) is 6.05. The standard InChI is InChI=1S/C16H13NO2/c1-10-7-8-12-13(9-10)19-16(14(17)15(12)18)11-5-3-2-4-6-11/h2-9H,17H2,1H3. The van der Waals surface area contributed by atoms with Crippen LogP contribution in [0.2, 0.25) is 0 Å². The number of nitrogen functional groups attached to an aromatic ring is 1. The van der Waals surface area contributed by atoms with E-state index in [-0.39, 0.29) is 11.1 Å². The smallest absolute Gasteiger partial charge is 0.216 e. The van der Waals surface area contributed by atoms with Crippen molar-refractivity contribution in [3.8, 4) is 11.3 Å². The molecular weight excluding hydrogens is 238 g/mol. The molecule has 3 aromatic rings. The lowest BCUT2D eigenvalue weighted by Gasteiger charge is -2.07. The van der Waals surface area contributed by atoms with Crippen molar-refractivity contribution in [1.82, 2.24) is 0 Å². The number of aryl methyl sites for hydroxylation is 1. The van der Waals surface area contributed by atoms with Gasteiger partial charge in [0.2, 0.25) is 5.43 Å². The molecule has 0 fully saturated rings. The molecule has 0 amide bonds. The molecule has 3 rings (SSSR count). The van der Waals surface area contributed by atoms with Crippen molar-refractivity contribution in [2.75, 3.05) is 5.73 Å². The van der Waals surface area contributed by atoms with Gasteiger partial charge in [0.1, 0.15) is 11.3 Å². The van der Waals surface area contributed by atoms with Crippen molar-refractivity contribution in [3.63, 3.8) is 0 Å². The summed E-state index contributed by atoms with van der Waals surface area (Å²) in [6, 6.07) is 14.9. The Morgan fingerprint density at radius 2 is 1.79 bits per heavy atom. The molecule has 0 saturated heterocycles. The zero-order chi connectivity index (χ0) is 13.4. The Labute approximate surface area is 110 Å². The van der Waals surface area contributed by atoms with Crippen molar-refractivity contribution in [3.05, 3.63) is 64.3 Å². The molecule has 0 radical (unpaired) electrons. The van der Waals surface area contributed by atoms with Gasteiger partial charge in [-0.05, 0) is 24.6 Å². The molecule has 3 nitrogen and oxygen atoms in total. The minimum atomic E-state index is -0.180. The van der Waals surface area contributed by atoms with Gasteiger partial charge in [-0.25, -0.2) is 0 Å². The largest absolute Gasteiger partial charge is 0.454 e. The van der Waals surface area contributed by atoms with Gasteiger partial charge >= 0.3 is 0 Å². The average Bonchev–Trinajstić information content (AvgIpc) is 2.43. The van der Waals surface area contributed by atoms with Gasteiger partial charge in [0.25, 0.3) is 0 Å². The fraction of sp³-hybridized carbons (Fsp3) is 0.0625. The van der Waals surface area contributed by atoms with E-state index in [2.05, 4.69) is 0 Å². The third-order valence-corrected chi connectivity index (χ3v) is 3.12. The zero-order valence-electron chi connectivity index (χ0n) is 10.5. The Morgan fingerprint density at radius 1 is 1.05 bits per heavy atom. The van der Waals surface area contributed by atoms with E-state index in [1.54, 1.807) is 6.07 Å². The number of rotatable bonds is 1. The highest BCUT2D eigenvalue weighted by molar-refractivity contribution is 5.85. The highest BCUT2D eigenvalue weighted by Gasteiger charge is 2.12. The van der Waals surface area contributed by atoms with Crippen molar-refractivity contribution in [2.45, 2.75) is 6.92 Å². The van der Waals surface area contributed by atoms with Gasteiger partial charge in [-0.1, -0.05) is 36.4 Å². The van der Waals surface area contributed by atoms with E-state index in [1.807, 2.05) is 49.4 Å². The van der Waals surface area contributed by atoms with Crippen LogP contribution in [0.5, 0.6) is 0 Å². The number of benzene rings is 2. The van der Waals surface area contributed by atoms with Crippen LogP contribution >= 0.6 is 0 Å². The Kier molecular flexibility index (Phi) is 2.60. The monoisotopic (exact) mass is 251 g/mol. The van der Waals surface area contributed by atoms with Gasteiger partial charge in [0, 0.05) is 5.56 Å². The van der Waals surface area contributed by atoms with Crippen LogP contribution in [0.1, 0.15) is 5.56 Å². The summed E-state index contributed by atoms with van der Waals surface area (Å²) >= 11 is 0. The second-order valence-electron chi connectivity index (χ2n) is 4.54.